The summed E-state index contributed by atoms with van der Waals surface area (Å²) >= 11 is 1.11. The van der Waals surface area contributed by atoms with E-state index in [9.17, 15) is 9.59 Å². The lowest BCUT2D eigenvalue weighted by Gasteiger charge is -2.04. The zero-order chi connectivity index (χ0) is 17.8. The minimum absolute atomic E-state index is 0.00163. The van der Waals surface area contributed by atoms with E-state index in [0.29, 0.717) is 5.16 Å². The van der Waals surface area contributed by atoms with Gasteiger partial charge >= 0.3 is 6.09 Å². The van der Waals surface area contributed by atoms with Crippen LogP contribution < -0.4 is 5.32 Å². The van der Waals surface area contributed by atoms with Gasteiger partial charge in [0.15, 0.2) is 5.65 Å². The molecule has 0 atom stereocenters. The minimum Gasteiger partial charge on any atom is -0.450 e. The molecule has 0 aliphatic heterocycles. The number of hydrogen-bond acceptors (Lipinski definition) is 7. The zero-order valence-corrected chi connectivity index (χ0v) is 14.7. The smallest absolute Gasteiger partial charge is 0.413 e. The maximum Gasteiger partial charge on any atom is 0.413 e. The highest BCUT2D eigenvalue weighted by Gasteiger charge is 2.15. The van der Waals surface area contributed by atoms with Gasteiger partial charge in [-0.2, -0.15) is 0 Å². The highest BCUT2D eigenvalue weighted by molar-refractivity contribution is 7.99. The molecular formula is C16H17N5O3S. The lowest BCUT2D eigenvalue weighted by atomic mass is 10.2. The molecule has 0 aliphatic carbocycles. The van der Waals surface area contributed by atoms with E-state index < -0.39 is 12.0 Å². The van der Waals surface area contributed by atoms with Crippen molar-refractivity contribution >= 4 is 45.8 Å². The van der Waals surface area contributed by atoms with E-state index in [1.54, 1.807) is 6.92 Å². The molecule has 0 unspecified atom stereocenters. The van der Waals surface area contributed by atoms with E-state index in [0.717, 1.165) is 40.4 Å². The molecule has 3 aromatic rings. The molecule has 25 heavy (non-hydrogen) atoms. The number of aryl methyl sites for hydroxylation is 1. The number of alkyl carbamates (subject to hydrolysis) is 1. The van der Waals surface area contributed by atoms with E-state index in [1.165, 1.54) is 0 Å². The molecule has 0 spiro atoms. The van der Waals surface area contributed by atoms with Gasteiger partial charge in [-0.3, -0.25) is 10.1 Å². The highest BCUT2D eigenvalue weighted by atomic mass is 32.2. The van der Waals surface area contributed by atoms with Crippen molar-refractivity contribution in [2.45, 2.75) is 25.5 Å². The molecule has 2 aromatic heterocycles. The summed E-state index contributed by atoms with van der Waals surface area (Å²) in [7, 11) is 0. The summed E-state index contributed by atoms with van der Waals surface area (Å²) in [6, 6.07) is 7.92. The topological polar surface area (TPSA) is 99.0 Å². The molecule has 1 aromatic carbocycles. The molecule has 0 bridgehead atoms. The fraction of sp³-hybridized carbons (Fsp3) is 0.312. The van der Waals surface area contributed by atoms with Gasteiger partial charge in [0.2, 0.25) is 11.1 Å². The van der Waals surface area contributed by atoms with Gasteiger partial charge in [-0.25, -0.2) is 9.78 Å². The number of ether oxygens (including phenoxy) is 1. The van der Waals surface area contributed by atoms with Crippen molar-refractivity contribution in [3.63, 3.8) is 0 Å². The molecule has 8 nitrogen and oxygen atoms in total. The normalized spacial score (nSPS) is 11.0. The number of nitrogens with one attached hydrogen (secondary N) is 1. The third kappa shape index (κ3) is 3.55. The van der Waals surface area contributed by atoms with Crippen LogP contribution in [0.4, 0.5) is 4.79 Å². The van der Waals surface area contributed by atoms with E-state index in [2.05, 4.69) is 29.8 Å². The SMILES string of the molecule is CCOC(=O)NC(=O)CSc1nnc2c3ccccc3n(CC)c2n1. The van der Waals surface area contributed by atoms with Crippen LogP contribution in [0.2, 0.25) is 0 Å². The van der Waals surface area contributed by atoms with Gasteiger partial charge in [0.05, 0.1) is 17.9 Å². The Hall–Kier alpha value is -2.68. The molecule has 0 saturated heterocycles. The van der Waals surface area contributed by atoms with Crippen molar-refractivity contribution in [1.82, 2.24) is 25.1 Å². The van der Waals surface area contributed by atoms with Gasteiger partial charge in [-0.05, 0) is 19.9 Å². The summed E-state index contributed by atoms with van der Waals surface area (Å²) in [5.41, 5.74) is 2.51. The standard InChI is InChI=1S/C16H17N5O3S/c1-3-21-11-8-6-5-7-10(11)13-14(21)18-15(20-19-13)25-9-12(22)17-16(23)24-4-2/h5-8H,3-4,9H2,1-2H3,(H,17,22,23). The van der Waals surface area contributed by atoms with Crippen LogP contribution in [-0.2, 0) is 16.1 Å². The van der Waals surface area contributed by atoms with Crippen molar-refractivity contribution in [3.8, 4) is 0 Å². The maximum absolute atomic E-state index is 11.7. The van der Waals surface area contributed by atoms with Gasteiger partial charge in [0, 0.05) is 11.9 Å². The van der Waals surface area contributed by atoms with Crippen LogP contribution in [0.15, 0.2) is 29.4 Å². The Balaban J connectivity index is 1.81. The van der Waals surface area contributed by atoms with Crippen LogP contribution in [0.25, 0.3) is 22.1 Å². The van der Waals surface area contributed by atoms with Crippen molar-refractivity contribution in [1.29, 1.82) is 0 Å². The molecule has 0 saturated carbocycles. The van der Waals surface area contributed by atoms with Gasteiger partial charge in [-0.15, -0.1) is 10.2 Å². The summed E-state index contributed by atoms with van der Waals surface area (Å²) < 4.78 is 6.72. The Kier molecular flexibility index (Phi) is 5.13. The second kappa shape index (κ2) is 7.47. The molecule has 0 aliphatic rings. The molecule has 9 heteroatoms. The third-order valence-electron chi connectivity index (χ3n) is 3.52. The van der Waals surface area contributed by atoms with Crippen molar-refractivity contribution < 1.29 is 14.3 Å². The fourth-order valence-electron chi connectivity index (χ4n) is 2.52. The number of aromatic nitrogens is 4. The first-order valence-electron chi connectivity index (χ1n) is 7.85. The summed E-state index contributed by atoms with van der Waals surface area (Å²) in [5.74, 6) is -0.471. The predicted molar refractivity (Wildman–Crippen MR) is 94.4 cm³/mol. The number of benzene rings is 1. The molecule has 2 heterocycles. The predicted octanol–water partition coefficient (Wildman–Crippen LogP) is 2.36. The number of carbonyl (C=O) groups excluding carboxylic acids is 2. The highest BCUT2D eigenvalue weighted by Crippen LogP contribution is 2.26. The van der Waals surface area contributed by atoms with Crippen LogP contribution >= 0.6 is 11.8 Å². The van der Waals surface area contributed by atoms with Crippen molar-refractivity contribution in [2.24, 2.45) is 0 Å². The summed E-state index contributed by atoms with van der Waals surface area (Å²) in [6.45, 7) is 4.65. The number of imide groups is 1. The molecule has 2 amide bonds. The molecular weight excluding hydrogens is 342 g/mol. The van der Waals surface area contributed by atoms with Crippen molar-refractivity contribution in [2.75, 3.05) is 12.4 Å². The number of para-hydroxylation sites is 1. The Bertz CT molecular complexity index is 940. The Morgan fingerprint density at radius 3 is 2.80 bits per heavy atom. The zero-order valence-electron chi connectivity index (χ0n) is 13.9. The number of hydrogen-bond donors (Lipinski definition) is 1. The summed E-state index contributed by atoms with van der Waals surface area (Å²) in [5, 5.41) is 11.9. The van der Waals surface area contributed by atoms with E-state index in [-0.39, 0.29) is 12.4 Å². The first-order chi connectivity index (χ1) is 12.1. The molecule has 1 N–H and O–H groups in total. The van der Waals surface area contributed by atoms with Gasteiger partial charge in [0.25, 0.3) is 0 Å². The molecule has 130 valence electrons. The number of nitrogens with zero attached hydrogens (tertiary/aromatic N) is 4. The van der Waals surface area contributed by atoms with E-state index >= 15 is 0 Å². The average molecular weight is 359 g/mol. The van der Waals surface area contributed by atoms with Gasteiger partial charge in [0.1, 0.15) is 5.52 Å². The van der Waals surface area contributed by atoms with Gasteiger partial charge in [-0.1, -0.05) is 30.0 Å². The number of fused-ring (bicyclic) bond motifs is 3. The van der Waals surface area contributed by atoms with Crippen LogP contribution in [0.3, 0.4) is 0 Å². The molecule has 0 fully saturated rings. The van der Waals surface area contributed by atoms with Crippen LogP contribution in [0.1, 0.15) is 13.8 Å². The lowest BCUT2D eigenvalue weighted by Crippen LogP contribution is -2.32. The second-order valence-corrected chi connectivity index (χ2v) is 6.03. The minimum atomic E-state index is -0.756. The molecule has 0 radical (unpaired) electrons. The quantitative estimate of drug-likeness (QED) is 0.698. The summed E-state index contributed by atoms with van der Waals surface area (Å²) in [6.07, 6.45) is -0.756. The fourth-order valence-corrected chi connectivity index (χ4v) is 3.10. The number of carbonyl (C=O) groups is 2. The summed E-state index contributed by atoms with van der Waals surface area (Å²) in [4.78, 5) is 27.5. The maximum atomic E-state index is 11.7. The van der Waals surface area contributed by atoms with Crippen LogP contribution in [-0.4, -0.2) is 44.1 Å². The van der Waals surface area contributed by atoms with E-state index in [1.807, 2.05) is 31.2 Å². The Labute approximate surface area is 148 Å². The third-order valence-corrected chi connectivity index (χ3v) is 4.36. The van der Waals surface area contributed by atoms with Gasteiger partial charge < -0.3 is 9.30 Å². The second-order valence-electron chi connectivity index (χ2n) is 5.09. The lowest BCUT2D eigenvalue weighted by molar-refractivity contribution is -0.117. The largest absolute Gasteiger partial charge is 0.450 e. The van der Waals surface area contributed by atoms with Crippen LogP contribution in [0.5, 0.6) is 0 Å². The Morgan fingerprint density at radius 2 is 2.04 bits per heavy atom. The van der Waals surface area contributed by atoms with Crippen molar-refractivity contribution in [3.05, 3.63) is 24.3 Å². The van der Waals surface area contributed by atoms with Crippen LogP contribution in [0, 0.1) is 0 Å². The number of rotatable bonds is 5. The number of thioether (sulfide) groups is 1. The Morgan fingerprint density at radius 1 is 1.24 bits per heavy atom. The monoisotopic (exact) mass is 359 g/mol. The molecule has 3 rings (SSSR count). The van der Waals surface area contributed by atoms with E-state index in [4.69, 9.17) is 0 Å². The average Bonchev–Trinajstić information content (AvgIpc) is 2.93. The number of amides is 2. The first kappa shape index (κ1) is 17.2. The first-order valence-corrected chi connectivity index (χ1v) is 8.83.